The summed E-state index contributed by atoms with van der Waals surface area (Å²) in [5, 5.41) is 5.56. The van der Waals surface area contributed by atoms with E-state index in [9.17, 15) is 9.59 Å². The number of carbonyl (C=O) groups is 2. The molecule has 3 rings (SSSR count). The smallest absolute Gasteiger partial charge is 0.268 e. The Labute approximate surface area is 128 Å². The van der Waals surface area contributed by atoms with Crippen molar-refractivity contribution < 1.29 is 14.3 Å². The average Bonchev–Trinajstić information content (AvgIpc) is 3.02. The summed E-state index contributed by atoms with van der Waals surface area (Å²) in [7, 11) is 1.60. The molecule has 1 aromatic carbocycles. The Kier molecular flexibility index (Phi) is 3.82. The molecule has 1 unspecified atom stereocenters. The maximum atomic E-state index is 12.2. The number of nitrogens with one attached hydrogen (secondary N) is 2. The number of nitrogens with zero attached hydrogens (tertiary/aromatic N) is 1. The van der Waals surface area contributed by atoms with Gasteiger partial charge in [-0.05, 0) is 29.8 Å². The van der Waals surface area contributed by atoms with Crippen LogP contribution in [0.4, 0.5) is 0 Å². The Morgan fingerprint density at radius 3 is 3.09 bits per heavy atom. The van der Waals surface area contributed by atoms with Crippen LogP contribution in [-0.4, -0.2) is 29.5 Å². The van der Waals surface area contributed by atoms with E-state index in [-0.39, 0.29) is 11.8 Å². The van der Waals surface area contributed by atoms with Crippen LogP contribution in [0.2, 0.25) is 0 Å². The summed E-state index contributed by atoms with van der Waals surface area (Å²) < 4.78 is 6.94. The third-order valence-corrected chi connectivity index (χ3v) is 3.66. The van der Waals surface area contributed by atoms with E-state index in [1.807, 2.05) is 24.3 Å². The van der Waals surface area contributed by atoms with Crippen LogP contribution in [0.1, 0.15) is 16.1 Å². The summed E-state index contributed by atoms with van der Waals surface area (Å²) in [6.07, 6.45) is 1.80. The highest BCUT2D eigenvalue weighted by Crippen LogP contribution is 2.13. The van der Waals surface area contributed by atoms with Crippen LogP contribution in [0.5, 0.6) is 5.75 Å². The number of fused-ring (bicyclic) bond motifs is 1. The lowest BCUT2D eigenvalue weighted by atomic mass is 10.1. The highest BCUT2D eigenvalue weighted by atomic mass is 16.5. The standard InChI is InChI=1S/C16H17N3O3/c1-22-12-5-2-4-11(8-12)9-17-15(20)13-10-19-7-3-6-14(19)16(21)18-13/h2-8,13H,9-10H2,1H3,(H,17,20)(H,18,21). The molecule has 1 aliphatic heterocycles. The van der Waals surface area contributed by atoms with E-state index in [4.69, 9.17) is 4.74 Å². The van der Waals surface area contributed by atoms with Crippen molar-refractivity contribution >= 4 is 11.8 Å². The second-order valence-corrected chi connectivity index (χ2v) is 5.14. The molecule has 2 N–H and O–H groups in total. The lowest BCUT2D eigenvalue weighted by molar-refractivity contribution is -0.123. The molecule has 1 aliphatic rings. The van der Waals surface area contributed by atoms with Crippen molar-refractivity contribution in [3.63, 3.8) is 0 Å². The predicted molar refractivity (Wildman–Crippen MR) is 80.5 cm³/mol. The van der Waals surface area contributed by atoms with Crippen LogP contribution < -0.4 is 15.4 Å². The van der Waals surface area contributed by atoms with E-state index >= 15 is 0 Å². The summed E-state index contributed by atoms with van der Waals surface area (Å²) in [6, 6.07) is 10.5. The first-order valence-corrected chi connectivity index (χ1v) is 7.04. The van der Waals surface area contributed by atoms with Gasteiger partial charge in [0.15, 0.2) is 0 Å². The zero-order valence-electron chi connectivity index (χ0n) is 12.2. The van der Waals surface area contributed by atoms with E-state index < -0.39 is 6.04 Å². The molecule has 0 spiro atoms. The Balaban J connectivity index is 1.62. The van der Waals surface area contributed by atoms with Crippen molar-refractivity contribution in [3.8, 4) is 5.75 Å². The van der Waals surface area contributed by atoms with Crippen LogP contribution in [0.3, 0.4) is 0 Å². The first-order valence-electron chi connectivity index (χ1n) is 7.04. The van der Waals surface area contributed by atoms with Crippen LogP contribution in [0, 0.1) is 0 Å². The van der Waals surface area contributed by atoms with E-state index in [2.05, 4.69) is 10.6 Å². The van der Waals surface area contributed by atoms with E-state index in [0.29, 0.717) is 18.8 Å². The van der Waals surface area contributed by atoms with Gasteiger partial charge in [-0.1, -0.05) is 12.1 Å². The van der Waals surface area contributed by atoms with Crippen molar-refractivity contribution in [2.45, 2.75) is 19.1 Å². The maximum absolute atomic E-state index is 12.2. The van der Waals surface area contributed by atoms with Gasteiger partial charge in [0.2, 0.25) is 5.91 Å². The minimum absolute atomic E-state index is 0.199. The predicted octanol–water partition coefficient (Wildman–Crippen LogP) is 0.925. The molecule has 1 atom stereocenters. The lowest BCUT2D eigenvalue weighted by Crippen LogP contribution is -2.52. The summed E-state index contributed by atoms with van der Waals surface area (Å²) in [4.78, 5) is 24.1. The van der Waals surface area contributed by atoms with Crippen molar-refractivity contribution in [1.29, 1.82) is 0 Å². The number of hydrogen-bond donors (Lipinski definition) is 2. The van der Waals surface area contributed by atoms with Crippen molar-refractivity contribution in [3.05, 3.63) is 53.9 Å². The molecule has 0 saturated heterocycles. The third-order valence-electron chi connectivity index (χ3n) is 3.66. The van der Waals surface area contributed by atoms with Gasteiger partial charge in [0.25, 0.3) is 5.91 Å². The van der Waals surface area contributed by atoms with Crippen LogP contribution in [0.15, 0.2) is 42.6 Å². The highest BCUT2D eigenvalue weighted by molar-refractivity contribution is 5.97. The molecule has 2 heterocycles. The molecular weight excluding hydrogens is 282 g/mol. The molecule has 22 heavy (non-hydrogen) atoms. The molecule has 114 valence electrons. The number of carbonyl (C=O) groups excluding carboxylic acids is 2. The molecule has 6 heteroatoms. The fourth-order valence-corrected chi connectivity index (χ4v) is 2.50. The zero-order valence-corrected chi connectivity index (χ0v) is 12.2. The Morgan fingerprint density at radius 2 is 2.27 bits per heavy atom. The summed E-state index contributed by atoms with van der Waals surface area (Å²) in [6.45, 7) is 0.832. The van der Waals surface area contributed by atoms with Gasteiger partial charge in [0.05, 0.1) is 13.7 Å². The Morgan fingerprint density at radius 1 is 1.41 bits per heavy atom. The normalized spacial score (nSPS) is 16.6. The fourth-order valence-electron chi connectivity index (χ4n) is 2.50. The highest BCUT2D eigenvalue weighted by Gasteiger charge is 2.28. The lowest BCUT2D eigenvalue weighted by Gasteiger charge is -2.24. The summed E-state index contributed by atoms with van der Waals surface area (Å²) in [5.74, 6) is 0.322. The van der Waals surface area contributed by atoms with Gasteiger partial charge >= 0.3 is 0 Å². The van der Waals surface area contributed by atoms with Gasteiger partial charge in [0, 0.05) is 12.7 Å². The molecule has 0 saturated carbocycles. The van der Waals surface area contributed by atoms with Gasteiger partial charge in [0.1, 0.15) is 17.5 Å². The number of rotatable bonds is 4. The van der Waals surface area contributed by atoms with Gasteiger partial charge < -0.3 is 19.9 Å². The monoisotopic (exact) mass is 299 g/mol. The molecule has 2 aromatic rings. The van der Waals surface area contributed by atoms with E-state index in [1.165, 1.54) is 0 Å². The summed E-state index contributed by atoms with van der Waals surface area (Å²) in [5.41, 5.74) is 1.52. The van der Waals surface area contributed by atoms with Crippen LogP contribution in [-0.2, 0) is 17.9 Å². The average molecular weight is 299 g/mol. The van der Waals surface area contributed by atoms with Crippen molar-refractivity contribution in [2.24, 2.45) is 0 Å². The van der Waals surface area contributed by atoms with Gasteiger partial charge in [-0.2, -0.15) is 0 Å². The number of aromatic nitrogens is 1. The molecule has 0 bridgehead atoms. The van der Waals surface area contributed by atoms with Crippen LogP contribution in [0.25, 0.3) is 0 Å². The van der Waals surface area contributed by atoms with Gasteiger partial charge in [-0.3, -0.25) is 9.59 Å². The third kappa shape index (κ3) is 2.81. The topological polar surface area (TPSA) is 72.4 Å². The molecule has 2 amide bonds. The Bertz CT molecular complexity index is 708. The molecule has 1 aromatic heterocycles. The van der Waals surface area contributed by atoms with E-state index in [0.717, 1.165) is 11.3 Å². The van der Waals surface area contributed by atoms with Gasteiger partial charge in [-0.15, -0.1) is 0 Å². The van der Waals surface area contributed by atoms with Crippen LogP contribution >= 0.6 is 0 Å². The molecular formula is C16H17N3O3. The largest absolute Gasteiger partial charge is 0.497 e. The van der Waals surface area contributed by atoms with Gasteiger partial charge in [-0.25, -0.2) is 0 Å². The fraction of sp³-hybridized carbons (Fsp3) is 0.250. The SMILES string of the molecule is COc1cccc(CNC(=O)C2Cn3cccc3C(=O)N2)c1. The molecule has 6 nitrogen and oxygen atoms in total. The number of hydrogen-bond acceptors (Lipinski definition) is 3. The van der Waals surface area contributed by atoms with Crippen molar-refractivity contribution in [2.75, 3.05) is 7.11 Å². The number of amides is 2. The van der Waals surface area contributed by atoms with E-state index in [1.54, 1.807) is 30.0 Å². The second kappa shape index (κ2) is 5.93. The second-order valence-electron chi connectivity index (χ2n) is 5.14. The Hall–Kier alpha value is -2.76. The summed E-state index contributed by atoms with van der Waals surface area (Å²) >= 11 is 0. The molecule has 0 aliphatic carbocycles. The molecule has 0 fully saturated rings. The minimum atomic E-state index is -0.557. The first-order chi connectivity index (χ1) is 10.7. The quantitative estimate of drug-likeness (QED) is 0.882. The first kappa shape index (κ1) is 14.2. The minimum Gasteiger partial charge on any atom is -0.497 e. The number of methoxy groups -OCH3 is 1. The molecule has 0 radical (unpaired) electrons. The number of benzene rings is 1. The number of ether oxygens (including phenoxy) is 1. The zero-order chi connectivity index (χ0) is 15.5. The van der Waals surface area contributed by atoms with Crippen molar-refractivity contribution in [1.82, 2.24) is 15.2 Å². The maximum Gasteiger partial charge on any atom is 0.268 e.